The highest BCUT2D eigenvalue weighted by atomic mass is 79.9. The summed E-state index contributed by atoms with van der Waals surface area (Å²) in [7, 11) is 0. The lowest BCUT2D eigenvalue weighted by atomic mass is 9.54. The maximum atomic E-state index is 13.2. The zero-order chi connectivity index (χ0) is 12.6. The second-order valence-corrected chi connectivity index (χ2v) is 5.57. The molecule has 1 aromatic carbocycles. The number of hydrogen-bond donors (Lipinski definition) is 0. The lowest BCUT2D eigenvalue weighted by Gasteiger charge is -2.47. The van der Waals surface area contributed by atoms with Crippen LogP contribution in [0.2, 0.25) is 0 Å². The fraction of sp³-hybridized carbons (Fsp3) is 0.500. The minimum Gasteiger partial charge on any atom is -0.299 e. The van der Waals surface area contributed by atoms with E-state index >= 15 is 0 Å². The number of Topliss-reactive ketones (excluding diaryl/α,β-unsaturated/α-hetero) is 1. The molecule has 0 amide bonds. The van der Waals surface area contributed by atoms with Gasteiger partial charge in [-0.2, -0.15) is 0 Å². The minimum absolute atomic E-state index is 0.211. The number of carbonyl (C=O) groups is 1. The summed E-state index contributed by atoms with van der Waals surface area (Å²) in [5, 5.41) is 0. The van der Waals surface area contributed by atoms with Crippen LogP contribution in [0.4, 0.5) is 4.39 Å². The Hall–Kier alpha value is -0.700. The average Bonchev–Trinajstić information content (AvgIpc) is 2.32. The van der Waals surface area contributed by atoms with Crippen molar-refractivity contribution < 1.29 is 9.18 Å². The molecule has 2 rings (SSSR count). The molecule has 0 radical (unpaired) electrons. The minimum atomic E-state index is -0.252. The van der Waals surface area contributed by atoms with Gasteiger partial charge < -0.3 is 0 Å². The van der Waals surface area contributed by atoms with E-state index in [2.05, 4.69) is 29.8 Å². The maximum absolute atomic E-state index is 13.2. The molecule has 1 nitrogen and oxygen atoms in total. The molecular formula is C14H16BrFO. The van der Waals surface area contributed by atoms with Crippen molar-refractivity contribution in [2.45, 2.75) is 39.0 Å². The van der Waals surface area contributed by atoms with E-state index in [4.69, 9.17) is 0 Å². The van der Waals surface area contributed by atoms with Gasteiger partial charge in [-0.25, -0.2) is 4.39 Å². The summed E-state index contributed by atoms with van der Waals surface area (Å²) in [5.74, 6) is 0.354. The van der Waals surface area contributed by atoms with Gasteiger partial charge in [-0.15, -0.1) is 0 Å². The summed E-state index contributed by atoms with van der Waals surface area (Å²) in [6.07, 6.45) is 2.32. The molecule has 1 aliphatic carbocycles. The lowest BCUT2D eigenvalue weighted by Crippen LogP contribution is -2.47. The van der Waals surface area contributed by atoms with Crippen molar-refractivity contribution in [1.82, 2.24) is 0 Å². The van der Waals surface area contributed by atoms with Gasteiger partial charge in [0.25, 0.3) is 0 Å². The van der Waals surface area contributed by atoms with Crippen LogP contribution in [0, 0.1) is 11.2 Å². The van der Waals surface area contributed by atoms with Crippen LogP contribution >= 0.6 is 15.9 Å². The maximum Gasteiger partial charge on any atom is 0.140 e. The van der Waals surface area contributed by atoms with Crippen molar-refractivity contribution in [3.8, 4) is 0 Å². The van der Waals surface area contributed by atoms with E-state index in [1.807, 2.05) is 6.07 Å². The van der Waals surface area contributed by atoms with Gasteiger partial charge in [-0.3, -0.25) is 4.79 Å². The van der Waals surface area contributed by atoms with Gasteiger partial charge in [-0.05, 0) is 46.5 Å². The molecule has 0 aliphatic heterocycles. The first-order valence-electron chi connectivity index (χ1n) is 6.03. The summed E-state index contributed by atoms with van der Waals surface area (Å²) in [5.41, 5.74) is 0.860. The molecule has 1 unspecified atom stereocenters. The molecular weight excluding hydrogens is 283 g/mol. The van der Waals surface area contributed by atoms with Crippen molar-refractivity contribution in [2.24, 2.45) is 5.41 Å². The summed E-state index contributed by atoms with van der Waals surface area (Å²) in [4.78, 5) is 11.9. The Morgan fingerprint density at radius 3 is 2.53 bits per heavy atom. The average molecular weight is 299 g/mol. The van der Waals surface area contributed by atoms with Crippen LogP contribution in [0.15, 0.2) is 22.7 Å². The topological polar surface area (TPSA) is 17.1 Å². The van der Waals surface area contributed by atoms with E-state index in [9.17, 15) is 9.18 Å². The van der Waals surface area contributed by atoms with Crippen LogP contribution in [-0.4, -0.2) is 5.78 Å². The third-order valence-corrected chi connectivity index (χ3v) is 4.83. The molecule has 0 spiro atoms. The summed E-state index contributed by atoms with van der Waals surface area (Å²) in [6.45, 7) is 4.12. The molecule has 1 atom stereocenters. The van der Waals surface area contributed by atoms with Crippen LogP contribution in [0.25, 0.3) is 0 Å². The van der Waals surface area contributed by atoms with Gasteiger partial charge in [-0.1, -0.05) is 19.9 Å². The molecule has 0 N–H and O–H groups in total. The van der Waals surface area contributed by atoms with Gasteiger partial charge in [0.05, 0.1) is 4.47 Å². The molecule has 92 valence electrons. The van der Waals surface area contributed by atoms with Crippen LogP contribution in [-0.2, 0) is 4.79 Å². The van der Waals surface area contributed by atoms with Gasteiger partial charge in [0.15, 0.2) is 0 Å². The van der Waals surface area contributed by atoms with E-state index in [0.717, 1.165) is 18.4 Å². The van der Waals surface area contributed by atoms with Gasteiger partial charge in [0, 0.05) is 17.8 Å². The van der Waals surface area contributed by atoms with Crippen molar-refractivity contribution in [3.05, 3.63) is 34.1 Å². The molecule has 1 saturated carbocycles. The molecule has 1 aromatic rings. The smallest absolute Gasteiger partial charge is 0.140 e. The SMILES string of the molecule is CCC1(CC)C(=O)CC1c1ccc(F)c(Br)c1. The van der Waals surface area contributed by atoms with E-state index in [1.54, 1.807) is 6.07 Å². The number of benzene rings is 1. The van der Waals surface area contributed by atoms with Crippen LogP contribution in [0.5, 0.6) is 0 Å². The second kappa shape index (κ2) is 4.52. The Labute approximate surface area is 110 Å². The molecule has 1 aliphatic rings. The van der Waals surface area contributed by atoms with E-state index in [1.165, 1.54) is 6.07 Å². The Balaban J connectivity index is 2.35. The van der Waals surface area contributed by atoms with E-state index in [-0.39, 0.29) is 17.2 Å². The highest BCUT2D eigenvalue weighted by Crippen LogP contribution is 2.54. The first kappa shape index (κ1) is 12.7. The Bertz CT molecular complexity index is 452. The van der Waals surface area contributed by atoms with Gasteiger partial charge in [0.1, 0.15) is 11.6 Å². The molecule has 0 aromatic heterocycles. The van der Waals surface area contributed by atoms with Crippen LogP contribution in [0.1, 0.15) is 44.6 Å². The molecule has 1 fully saturated rings. The van der Waals surface area contributed by atoms with E-state index < -0.39 is 0 Å². The first-order valence-corrected chi connectivity index (χ1v) is 6.82. The molecule has 0 saturated heterocycles. The van der Waals surface area contributed by atoms with Crippen LogP contribution < -0.4 is 0 Å². The third-order valence-electron chi connectivity index (χ3n) is 4.22. The standard InChI is InChI=1S/C14H16BrFO/c1-3-14(4-2)10(8-13(14)17)9-5-6-12(16)11(15)7-9/h5-7,10H,3-4,8H2,1-2H3. The zero-order valence-corrected chi connectivity index (χ0v) is 11.7. The summed E-state index contributed by atoms with van der Waals surface area (Å²) >= 11 is 3.20. The quantitative estimate of drug-likeness (QED) is 0.806. The largest absolute Gasteiger partial charge is 0.299 e. The zero-order valence-electron chi connectivity index (χ0n) is 10.1. The highest BCUT2D eigenvalue weighted by molar-refractivity contribution is 9.10. The Morgan fingerprint density at radius 1 is 1.41 bits per heavy atom. The number of rotatable bonds is 3. The predicted octanol–water partition coefficient (Wildman–Crippen LogP) is 4.45. The van der Waals surface area contributed by atoms with Gasteiger partial charge in [0.2, 0.25) is 0 Å². The first-order chi connectivity index (χ1) is 8.05. The molecule has 0 heterocycles. The highest BCUT2D eigenvalue weighted by Gasteiger charge is 2.52. The number of hydrogen-bond acceptors (Lipinski definition) is 1. The molecule has 17 heavy (non-hydrogen) atoms. The Kier molecular flexibility index (Phi) is 3.39. The fourth-order valence-corrected chi connectivity index (χ4v) is 3.35. The molecule has 0 bridgehead atoms. The fourth-order valence-electron chi connectivity index (χ4n) is 2.95. The van der Waals surface area contributed by atoms with E-state index in [0.29, 0.717) is 16.7 Å². The number of carbonyl (C=O) groups excluding carboxylic acids is 1. The number of ketones is 1. The van der Waals surface area contributed by atoms with Gasteiger partial charge >= 0.3 is 0 Å². The lowest BCUT2D eigenvalue weighted by molar-refractivity contribution is -0.141. The van der Waals surface area contributed by atoms with Crippen molar-refractivity contribution in [1.29, 1.82) is 0 Å². The molecule has 3 heteroatoms. The van der Waals surface area contributed by atoms with Crippen LogP contribution in [0.3, 0.4) is 0 Å². The third kappa shape index (κ3) is 1.85. The monoisotopic (exact) mass is 298 g/mol. The summed E-state index contributed by atoms with van der Waals surface area (Å²) in [6, 6.07) is 5.09. The second-order valence-electron chi connectivity index (χ2n) is 4.72. The Morgan fingerprint density at radius 2 is 2.06 bits per heavy atom. The number of halogens is 2. The summed E-state index contributed by atoms with van der Waals surface area (Å²) < 4.78 is 13.7. The van der Waals surface area contributed by atoms with Crippen molar-refractivity contribution in [3.63, 3.8) is 0 Å². The normalized spacial score (nSPS) is 22.4. The predicted molar refractivity (Wildman–Crippen MR) is 69.5 cm³/mol. The van der Waals surface area contributed by atoms with Crippen molar-refractivity contribution >= 4 is 21.7 Å². The van der Waals surface area contributed by atoms with Crippen molar-refractivity contribution in [2.75, 3.05) is 0 Å².